The fourth-order valence-corrected chi connectivity index (χ4v) is 5.78. The number of rotatable bonds is 7. The molecular weight excluding hydrogens is 426 g/mol. The third kappa shape index (κ3) is 5.67. The van der Waals surface area contributed by atoms with Crippen LogP contribution in [0.4, 0.5) is 0 Å². The number of benzene rings is 3. The topological polar surface area (TPSA) is 30.3 Å². The van der Waals surface area contributed by atoms with Crippen LogP contribution in [0.25, 0.3) is 0 Å². The molecule has 0 saturated carbocycles. The molecule has 182 valence electrons. The Morgan fingerprint density at radius 2 is 1.26 bits per heavy atom. The molecule has 3 nitrogen and oxygen atoms in total. The van der Waals surface area contributed by atoms with Crippen molar-refractivity contribution in [2.24, 2.45) is 0 Å². The first-order valence-corrected chi connectivity index (χ1v) is 13.3. The van der Waals surface area contributed by atoms with E-state index in [0.717, 1.165) is 56.7 Å². The van der Waals surface area contributed by atoms with Crippen molar-refractivity contribution in [2.45, 2.75) is 64.1 Å². The third-order valence-corrected chi connectivity index (χ3v) is 7.69. The molecule has 0 radical (unpaired) electrons. The number of hydrogen-bond acceptors (Lipinski definition) is 3. The summed E-state index contributed by atoms with van der Waals surface area (Å²) >= 11 is 0. The number of nitriles is 1. The largest absolute Gasteiger partial charge is 0.303 e. The first-order valence-electron chi connectivity index (χ1n) is 13.3. The molecule has 5 rings (SSSR count). The highest BCUT2D eigenvalue weighted by Gasteiger charge is 2.34. The minimum absolute atomic E-state index is 0.581. The summed E-state index contributed by atoms with van der Waals surface area (Å²) in [4.78, 5) is 5.28. The van der Waals surface area contributed by atoms with E-state index in [4.69, 9.17) is 0 Å². The molecule has 0 bridgehead atoms. The van der Waals surface area contributed by atoms with Gasteiger partial charge in [0.1, 0.15) is 5.41 Å². The zero-order chi connectivity index (χ0) is 24.5. The zero-order valence-corrected chi connectivity index (χ0v) is 21.4. The Kier molecular flexibility index (Phi) is 8.74. The minimum atomic E-state index is -0.581. The predicted molar refractivity (Wildman–Crippen MR) is 145 cm³/mol. The summed E-state index contributed by atoms with van der Waals surface area (Å²) in [6.07, 6.45) is 4.36. The lowest BCUT2D eigenvalue weighted by Crippen LogP contribution is -2.43. The normalized spacial score (nSPS) is 16.7. The van der Waals surface area contributed by atoms with E-state index in [-0.39, 0.29) is 0 Å². The first kappa shape index (κ1) is 25.2. The Hall–Kier alpha value is -2.93. The lowest BCUT2D eigenvalue weighted by Gasteiger charge is -2.37. The second-order valence-electron chi connectivity index (χ2n) is 9.60. The molecule has 0 N–H and O–H groups in total. The average molecular weight is 466 g/mol. The van der Waals surface area contributed by atoms with Crippen LogP contribution in [0.15, 0.2) is 84.9 Å². The van der Waals surface area contributed by atoms with Crippen LogP contribution in [0, 0.1) is 11.3 Å². The van der Waals surface area contributed by atoms with Crippen LogP contribution < -0.4 is 0 Å². The van der Waals surface area contributed by atoms with E-state index in [9.17, 15) is 5.26 Å². The van der Waals surface area contributed by atoms with Crippen LogP contribution in [-0.4, -0.2) is 35.5 Å². The van der Waals surface area contributed by atoms with Crippen molar-refractivity contribution in [3.05, 3.63) is 107 Å². The van der Waals surface area contributed by atoms with Gasteiger partial charge in [0.05, 0.1) is 6.07 Å². The van der Waals surface area contributed by atoms with Gasteiger partial charge in [0.25, 0.3) is 0 Å². The minimum Gasteiger partial charge on any atom is -0.303 e. The van der Waals surface area contributed by atoms with Crippen molar-refractivity contribution >= 4 is 0 Å². The Morgan fingerprint density at radius 3 is 1.74 bits per heavy atom. The number of hydrogen-bond donors (Lipinski definition) is 0. The van der Waals surface area contributed by atoms with Gasteiger partial charge in [-0.25, -0.2) is 0 Å². The molecule has 0 amide bonds. The molecule has 35 heavy (non-hydrogen) atoms. The lowest BCUT2D eigenvalue weighted by atomic mass is 9.72. The van der Waals surface area contributed by atoms with Crippen molar-refractivity contribution in [1.29, 1.82) is 5.26 Å². The van der Waals surface area contributed by atoms with Crippen LogP contribution in [0.1, 0.15) is 61.8 Å². The monoisotopic (exact) mass is 465 g/mol. The average Bonchev–Trinajstić information content (AvgIpc) is 3.38. The zero-order valence-electron chi connectivity index (χ0n) is 21.4. The van der Waals surface area contributed by atoms with Crippen LogP contribution in [0.5, 0.6) is 0 Å². The second-order valence-corrected chi connectivity index (χ2v) is 9.60. The maximum absolute atomic E-state index is 10.4. The van der Waals surface area contributed by atoms with Crippen molar-refractivity contribution in [1.82, 2.24) is 9.80 Å². The van der Waals surface area contributed by atoms with Crippen molar-refractivity contribution < 1.29 is 0 Å². The highest BCUT2D eigenvalue weighted by Crippen LogP contribution is 2.36. The lowest BCUT2D eigenvalue weighted by molar-refractivity contribution is 0.105. The van der Waals surface area contributed by atoms with Crippen LogP contribution in [0.2, 0.25) is 0 Å². The molecule has 3 heteroatoms. The molecule has 0 aliphatic carbocycles. The summed E-state index contributed by atoms with van der Waals surface area (Å²) in [6, 6.07) is 33.0. The summed E-state index contributed by atoms with van der Waals surface area (Å²) in [7, 11) is 0. The van der Waals surface area contributed by atoms with Gasteiger partial charge in [-0.15, -0.1) is 0 Å². The second kappa shape index (κ2) is 12.2. The smallest absolute Gasteiger partial charge is 0.107 e. The number of fused-ring (bicyclic) bond motifs is 1. The fourth-order valence-electron chi connectivity index (χ4n) is 5.78. The summed E-state index contributed by atoms with van der Waals surface area (Å²) in [5.74, 6) is 0. The van der Waals surface area contributed by atoms with E-state index in [1.54, 1.807) is 0 Å². The van der Waals surface area contributed by atoms with Crippen molar-refractivity contribution in [3.63, 3.8) is 0 Å². The van der Waals surface area contributed by atoms with E-state index >= 15 is 0 Å². The van der Waals surface area contributed by atoms with Gasteiger partial charge in [-0.2, -0.15) is 5.26 Å². The van der Waals surface area contributed by atoms with Gasteiger partial charge in [-0.3, -0.25) is 4.90 Å². The maximum Gasteiger partial charge on any atom is 0.107 e. The van der Waals surface area contributed by atoms with Gasteiger partial charge in [0.2, 0.25) is 0 Å². The van der Waals surface area contributed by atoms with E-state index in [1.165, 1.54) is 24.0 Å². The molecule has 3 aromatic rings. The molecular formula is C32H39N3. The maximum atomic E-state index is 10.4. The quantitative estimate of drug-likeness (QED) is 0.385. The van der Waals surface area contributed by atoms with Gasteiger partial charge in [0, 0.05) is 19.1 Å². The van der Waals surface area contributed by atoms with Gasteiger partial charge in [-0.05, 0) is 67.6 Å². The van der Waals surface area contributed by atoms with E-state index in [0.29, 0.717) is 6.04 Å². The Morgan fingerprint density at radius 1 is 0.771 bits per heavy atom. The first-order chi connectivity index (χ1) is 17.3. The van der Waals surface area contributed by atoms with Crippen LogP contribution in [-0.2, 0) is 18.5 Å². The molecule has 1 saturated heterocycles. The van der Waals surface area contributed by atoms with E-state index < -0.39 is 5.41 Å². The Bertz CT molecular complexity index is 1010. The summed E-state index contributed by atoms with van der Waals surface area (Å²) < 4.78 is 0. The molecule has 0 atom stereocenters. The molecule has 0 spiro atoms. The Balaban J connectivity index is 0.00000141. The van der Waals surface area contributed by atoms with Crippen molar-refractivity contribution in [2.75, 3.05) is 19.6 Å². The molecule has 1 fully saturated rings. The van der Waals surface area contributed by atoms with Gasteiger partial charge < -0.3 is 4.90 Å². The predicted octanol–water partition coefficient (Wildman–Crippen LogP) is 6.78. The molecule has 3 aromatic carbocycles. The summed E-state index contributed by atoms with van der Waals surface area (Å²) in [5.41, 5.74) is 4.64. The highest BCUT2D eigenvalue weighted by molar-refractivity contribution is 5.45. The van der Waals surface area contributed by atoms with Crippen molar-refractivity contribution in [3.8, 4) is 6.07 Å². The van der Waals surface area contributed by atoms with E-state index in [2.05, 4.69) is 64.4 Å². The number of piperidine rings is 1. The van der Waals surface area contributed by atoms with Gasteiger partial charge in [-0.1, -0.05) is 98.8 Å². The number of nitrogens with zero attached hydrogens (tertiary/aromatic N) is 3. The van der Waals surface area contributed by atoms with Crippen LogP contribution >= 0.6 is 0 Å². The molecule has 0 aromatic heterocycles. The summed E-state index contributed by atoms with van der Waals surface area (Å²) in [6.45, 7) is 9.61. The molecule has 2 heterocycles. The molecule has 2 aliphatic rings. The fraction of sp³-hybridized carbons (Fsp3) is 0.406. The van der Waals surface area contributed by atoms with Gasteiger partial charge in [0.15, 0.2) is 0 Å². The van der Waals surface area contributed by atoms with E-state index in [1.807, 2.05) is 50.2 Å². The summed E-state index contributed by atoms with van der Waals surface area (Å²) in [5, 5.41) is 10.4. The standard InChI is InChI=1S/C30H33N3.C2H6/c31-24-30(27-12-3-1-4-13-27,28-14-5-2-6-15-28)18-9-19-32-20-16-29(17-21-32)33-22-25-10-7-8-11-26(25)23-33;1-2/h1-8,10-15,29H,9,16-23H2;1-2H3. The SMILES string of the molecule is CC.N#CC(CCCN1CCC(N2Cc3ccccc3C2)CC1)(c1ccccc1)c1ccccc1. The highest BCUT2D eigenvalue weighted by atomic mass is 15.2. The third-order valence-electron chi connectivity index (χ3n) is 7.69. The van der Waals surface area contributed by atoms with Gasteiger partial charge >= 0.3 is 0 Å². The number of likely N-dealkylation sites (tertiary alicyclic amines) is 1. The molecule has 0 unspecified atom stereocenters. The Labute approximate surface area is 212 Å². The van der Waals surface area contributed by atoms with Crippen LogP contribution in [0.3, 0.4) is 0 Å². The molecule has 2 aliphatic heterocycles.